The van der Waals surface area contributed by atoms with Crippen LogP contribution in [0.3, 0.4) is 0 Å². The first-order chi connectivity index (χ1) is 6.65. The molecular formula is C10H16N2O2. The lowest BCUT2D eigenvalue weighted by Crippen LogP contribution is -2.29. The first-order valence-electron chi connectivity index (χ1n) is 5.11. The average Bonchev–Trinajstić information content (AvgIpc) is 2.66. The molecule has 78 valence electrons. The molecule has 0 aromatic carbocycles. The minimum Gasteiger partial charge on any atom is -0.338 e. The fourth-order valence-corrected chi connectivity index (χ4v) is 2.19. The van der Waals surface area contributed by atoms with Gasteiger partial charge in [-0.1, -0.05) is 6.92 Å². The van der Waals surface area contributed by atoms with Gasteiger partial charge >= 0.3 is 5.63 Å². The van der Waals surface area contributed by atoms with Crippen LogP contribution in [0.2, 0.25) is 0 Å². The topological polar surface area (TPSA) is 49.2 Å². The number of hydrogen-bond acceptors (Lipinski definition) is 3. The molecule has 1 atom stereocenters. The van der Waals surface area contributed by atoms with Gasteiger partial charge in [0.2, 0.25) is 0 Å². The van der Waals surface area contributed by atoms with E-state index in [2.05, 4.69) is 30.8 Å². The van der Waals surface area contributed by atoms with Crippen LogP contribution in [0, 0.1) is 0 Å². The first kappa shape index (κ1) is 9.52. The van der Waals surface area contributed by atoms with E-state index in [4.69, 9.17) is 4.52 Å². The third-order valence-electron chi connectivity index (χ3n) is 2.95. The van der Waals surface area contributed by atoms with E-state index in [1.165, 1.54) is 0 Å². The third kappa shape index (κ3) is 1.21. The van der Waals surface area contributed by atoms with Crippen LogP contribution in [0.5, 0.6) is 0 Å². The lowest BCUT2D eigenvalue weighted by atomic mass is 10.1. The van der Waals surface area contributed by atoms with Gasteiger partial charge in [0, 0.05) is 12.6 Å². The number of aromatic nitrogens is 1. The van der Waals surface area contributed by atoms with E-state index < -0.39 is 0 Å². The molecule has 1 aromatic rings. The van der Waals surface area contributed by atoms with Crippen molar-refractivity contribution >= 4 is 0 Å². The molecule has 1 unspecified atom stereocenters. The Morgan fingerprint density at radius 3 is 2.93 bits per heavy atom. The van der Waals surface area contributed by atoms with E-state index >= 15 is 0 Å². The fraction of sp³-hybridized carbons (Fsp3) is 0.700. The highest BCUT2D eigenvalue weighted by atomic mass is 16.5. The van der Waals surface area contributed by atoms with Crippen molar-refractivity contribution in [2.45, 2.75) is 45.8 Å². The minimum absolute atomic E-state index is 0.207. The van der Waals surface area contributed by atoms with E-state index in [-0.39, 0.29) is 5.63 Å². The van der Waals surface area contributed by atoms with Crippen molar-refractivity contribution in [1.82, 2.24) is 10.1 Å². The summed E-state index contributed by atoms with van der Waals surface area (Å²) in [7, 11) is 0. The van der Waals surface area contributed by atoms with Gasteiger partial charge in [0.25, 0.3) is 0 Å². The molecule has 2 heterocycles. The zero-order chi connectivity index (χ0) is 10.3. The number of rotatable bonds is 2. The standard InChI is InChI=1S/C10H16N2O2/c1-4-8-9-7(10(13)14-11-9)5-12(8)6(2)3/h6,8,11H,4-5H2,1-3H3. The van der Waals surface area contributed by atoms with Crippen molar-refractivity contribution in [1.29, 1.82) is 0 Å². The summed E-state index contributed by atoms with van der Waals surface area (Å²) < 4.78 is 4.79. The van der Waals surface area contributed by atoms with Crippen LogP contribution in [0.4, 0.5) is 0 Å². The molecule has 2 rings (SSSR count). The van der Waals surface area contributed by atoms with Gasteiger partial charge in [-0.3, -0.25) is 4.90 Å². The summed E-state index contributed by atoms with van der Waals surface area (Å²) in [5.41, 5.74) is 1.58. The molecule has 1 aliphatic rings. The molecule has 1 N–H and O–H groups in total. The number of hydrogen-bond donors (Lipinski definition) is 1. The second kappa shape index (κ2) is 3.28. The molecule has 0 fully saturated rings. The molecular weight excluding hydrogens is 180 g/mol. The van der Waals surface area contributed by atoms with E-state index in [1.54, 1.807) is 0 Å². The summed E-state index contributed by atoms with van der Waals surface area (Å²) in [6.45, 7) is 7.14. The molecule has 0 saturated carbocycles. The van der Waals surface area contributed by atoms with Gasteiger partial charge in [-0.05, 0) is 20.3 Å². The highest BCUT2D eigenvalue weighted by Crippen LogP contribution is 2.34. The SMILES string of the molecule is CCC1c2[nH]oc(=O)c2CN1C(C)C. The number of H-pyrrole nitrogens is 1. The van der Waals surface area contributed by atoms with E-state index in [9.17, 15) is 4.79 Å². The van der Waals surface area contributed by atoms with Crippen LogP contribution < -0.4 is 5.63 Å². The predicted octanol–water partition coefficient (Wildman–Crippen LogP) is 1.64. The number of nitrogens with zero attached hydrogens (tertiary/aromatic N) is 1. The highest BCUT2D eigenvalue weighted by molar-refractivity contribution is 5.24. The van der Waals surface area contributed by atoms with Gasteiger partial charge in [-0.15, -0.1) is 0 Å². The maximum atomic E-state index is 11.3. The van der Waals surface area contributed by atoms with E-state index in [1.807, 2.05) is 0 Å². The van der Waals surface area contributed by atoms with Crippen molar-refractivity contribution in [3.8, 4) is 0 Å². The molecule has 14 heavy (non-hydrogen) atoms. The summed E-state index contributed by atoms with van der Waals surface area (Å²) >= 11 is 0. The second-order valence-corrected chi connectivity index (χ2v) is 4.07. The normalized spacial score (nSPS) is 21.9. The van der Waals surface area contributed by atoms with Crippen molar-refractivity contribution in [3.63, 3.8) is 0 Å². The summed E-state index contributed by atoms with van der Waals surface area (Å²) in [5.74, 6) is 0. The highest BCUT2D eigenvalue weighted by Gasteiger charge is 2.34. The molecule has 1 aliphatic heterocycles. The molecule has 0 saturated heterocycles. The van der Waals surface area contributed by atoms with E-state index in [0.717, 1.165) is 24.2 Å². The monoisotopic (exact) mass is 196 g/mol. The van der Waals surface area contributed by atoms with Gasteiger partial charge in [-0.2, -0.15) is 0 Å². The molecule has 4 heteroatoms. The summed E-state index contributed by atoms with van der Waals surface area (Å²) in [6, 6.07) is 0.775. The van der Waals surface area contributed by atoms with Gasteiger partial charge in [-0.25, -0.2) is 9.95 Å². The first-order valence-corrected chi connectivity index (χ1v) is 5.11. The Bertz CT molecular complexity index is 378. The molecule has 0 bridgehead atoms. The van der Waals surface area contributed by atoms with Crippen molar-refractivity contribution in [2.24, 2.45) is 0 Å². The Morgan fingerprint density at radius 2 is 2.36 bits per heavy atom. The molecule has 0 amide bonds. The van der Waals surface area contributed by atoms with Gasteiger partial charge < -0.3 is 4.52 Å². The van der Waals surface area contributed by atoms with Gasteiger partial charge in [0.1, 0.15) is 0 Å². The average molecular weight is 196 g/mol. The summed E-state index contributed by atoms with van der Waals surface area (Å²) in [6.07, 6.45) is 1.00. The van der Waals surface area contributed by atoms with Crippen LogP contribution in [-0.4, -0.2) is 16.1 Å². The summed E-state index contributed by atoms with van der Waals surface area (Å²) in [4.78, 5) is 13.6. The molecule has 1 aromatic heterocycles. The Labute approximate surface area is 82.9 Å². The van der Waals surface area contributed by atoms with Crippen LogP contribution in [0.15, 0.2) is 9.32 Å². The van der Waals surface area contributed by atoms with Gasteiger partial charge in [0.15, 0.2) is 0 Å². The Hall–Kier alpha value is -1.03. The Morgan fingerprint density at radius 1 is 1.64 bits per heavy atom. The Balaban J connectivity index is 2.38. The largest absolute Gasteiger partial charge is 0.362 e. The van der Waals surface area contributed by atoms with Crippen LogP contribution in [-0.2, 0) is 6.54 Å². The maximum absolute atomic E-state index is 11.3. The lowest BCUT2D eigenvalue weighted by Gasteiger charge is -2.27. The van der Waals surface area contributed by atoms with Crippen LogP contribution in [0.1, 0.15) is 44.5 Å². The fourth-order valence-electron chi connectivity index (χ4n) is 2.19. The maximum Gasteiger partial charge on any atom is 0.362 e. The van der Waals surface area contributed by atoms with Crippen molar-refractivity contribution in [2.75, 3.05) is 0 Å². The number of nitrogens with one attached hydrogen (secondary N) is 1. The number of fused-ring (bicyclic) bond motifs is 1. The molecule has 0 aliphatic carbocycles. The van der Waals surface area contributed by atoms with Crippen LogP contribution >= 0.6 is 0 Å². The van der Waals surface area contributed by atoms with Crippen molar-refractivity contribution in [3.05, 3.63) is 21.7 Å². The zero-order valence-electron chi connectivity index (χ0n) is 8.83. The summed E-state index contributed by atoms with van der Waals surface area (Å²) in [5, 5.41) is 2.74. The molecule has 0 spiro atoms. The predicted molar refractivity (Wildman–Crippen MR) is 53.0 cm³/mol. The third-order valence-corrected chi connectivity index (χ3v) is 2.95. The second-order valence-electron chi connectivity index (χ2n) is 4.07. The Kier molecular flexibility index (Phi) is 2.23. The van der Waals surface area contributed by atoms with E-state index in [0.29, 0.717) is 12.1 Å². The smallest absolute Gasteiger partial charge is 0.338 e. The van der Waals surface area contributed by atoms with Crippen LogP contribution in [0.25, 0.3) is 0 Å². The van der Waals surface area contributed by atoms with Gasteiger partial charge in [0.05, 0.1) is 17.3 Å². The minimum atomic E-state index is -0.207. The zero-order valence-corrected chi connectivity index (χ0v) is 8.83. The quantitative estimate of drug-likeness (QED) is 0.782. The van der Waals surface area contributed by atoms with Crippen molar-refractivity contribution < 1.29 is 4.52 Å². The number of aromatic amines is 1. The lowest BCUT2D eigenvalue weighted by molar-refractivity contribution is 0.153. The molecule has 4 nitrogen and oxygen atoms in total. The molecule has 0 radical (unpaired) electrons.